The lowest BCUT2D eigenvalue weighted by Gasteiger charge is -2.06. The van der Waals surface area contributed by atoms with Crippen LogP contribution in [0.5, 0.6) is 0 Å². The molecule has 0 bridgehead atoms. The summed E-state index contributed by atoms with van der Waals surface area (Å²) in [7, 11) is 1.75. The van der Waals surface area contributed by atoms with Crippen LogP contribution in [0.1, 0.15) is 11.1 Å². The molecule has 0 aliphatic heterocycles. The first-order valence-corrected chi connectivity index (χ1v) is 6.24. The van der Waals surface area contributed by atoms with Crippen LogP contribution < -0.4 is 10.6 Å². The summed E-state index contributed by atoms with van der Waals surface area (Å²) in [4.78, 5) is 11.3. The third kappa shape index (κ3) is 5.03. The largest absolute Gasteiger partial charge is 0.351 e. The quantitative estimate of drug-likeness (QED) is 0.841. The molecule has 0 aliphatic rings. The fraction of sp³-hybridized carbons (Fsp3) is 0.286. The molecule has 20 heavy (non-hydrogen) atoms. The van der Waals surface area contributed by atoms with E-state index in [1.54, 1.807) is 13.2 Å². The van der Waals surface area contributed by atoms with Gasteiger partial charge >= 0.3 is 0 Å². The van der Waals surface area contributed by atoms with Gasteiger partial charge in [-0.05, 0) is 24.2 Å². The van der Waals surface area contributed by atoms with Gasteiger partial charge in [-0.3, -0.25) is 9.48 Å². The SMILES string of the molecule is CNCC(=O)NCc1ccc(Cn2cccn2)cc1.Cl. The summed E-state index contributed by atoms with van der Waals surface area (Å²) >= 11 is 0. The number of aromatic nitrogens is 2. The molecule has 2 N–H and O–H groups in total. The normalized spacial score (nSPS) is 9.85. The lowest BCUT2D eigenvalue weighted by Crippen LogP contribution is -2.31. The Kier molecular flexibility index (Phi) is 6.76. The van der Waals surface area contributed by atoms with Gasteiger partial charge in [0, 0.05) is 18.9 Å². The van der Waals surface area contributed by atoms with E-state index >= 15 is 0 Å². The van der Waals surface area contributed by atoms with Gasteiger partial charge in [-0.15, -0.1) is 12.4 Å². The van der Waals surface area contributed by atoms with E-state index in [1.807, 2.05) is 29.1 Å². The number of benzene rings is 1. The van der Waals surface area contributed by atoms with Crippen molar-refractivity contribution in [2.45, 2.75) is 13.1 Å². The van der Waals surface area contributed by atoms with Gasteiger partial charge in [0.25, 0.3) is 0 Å². The molecular formula is C14H19ClN4O. The molecule has 1 amide bonds. The fourth-order valence-electron chi connectivity index (χ4n) is 1.77. The monoisotopic (exact) mass is 294 g/mol. The molecule has 1 heterocycles. The van der Waals surface area contributed by atoms with E-state index in [4.69, 9.17) is 0 Å². The van der Waals surface area contributed by atoms with E-state index < -0.39 is 0 Å². The predicted molar refractivity (Wildman–Crippen MR) is 80.8 cm³/mol. The Morgan fingerprint density at radius 1 is 1.25 bits per heavy atom. The number of nitrogens with one attached hydrogen (secondary N) is 2. The summed E-state index contributed by atoms with van der Waals surface area (Å²) in [5, 5.41) is 9.83. The molecule has 0 radical (unpaired) electrons. The maximum atomic E-state index is 11.3. The van der Waals surface area contributed by atoms with Gasteiger partial charge in [0.2, 0.25) is 5.91 Å². The van der Waals surface area contributed by atoms with Gasteiger partial charge in [0.15, 0.2) is 0 Å². The van der Waals surface area contributed by atoms with Crippen LogP contribution in [-0.4, -0.2) is 29.3 Å². The number of carbonyl (C=O) groups is 1. The van der Waals surface area contributed by atoms with E-state index in [-0.39, 0.29) is 18.3 Å². The van der Waals surface area contributed by atoms with Crippen LogP contribution in [0.3, 0.4) is 0 Å². The number of nitrogens with zero attached hydrogens (tertiary/aromatic N) is 2. The first-order valence-electron chi connectivity index (χ1n) is 6.24. The van der Waals surface area contributed by atoms with Crippen molar-refractivity contribution in [2.75, 3.05) is 13.6 Å². The van der Waals surface area contributed by atoms with Crippen molar-refractivity contribution < 1.29 is 4.79 Å². The van der Waals surface area contributed by atoms with Crippen molar-refractivity contribution in [3.8, 4) is 0 Å². The molecule has 1 aromatic carbocycles. The zero-order chi connectivity index (χ0) is 13.5. The molecule has 0 spiro atoms. The van der Waals surface area contributed by atoms with Gasteiger partial charge in [0.1, 0.15) is 0 Å². The molecule has 6 heteroatoms. The van der Waals surface area contributed by atoms with Crippen LogP contribution in [-0.2, 0) is 17.9 Å². The summed E-state index contributed by atoms with van der Waals surface area (Å²) < 4.78 is 1.88. The molecule has 1 aromatic heterocycles. The average Bonchev–Trinajstić information content (AvgIpc) is 2.91. The Morgan fingerprint density at radius 2 is 1.95 bits per heavy atom. The highest BCUT2D eigenvalue weighted by Gasteiger charge is 2.00. The maximum Gasteiger partial charge on any atom is 0.234 e. The number of halogens is 1. The van der Waals surface area contributed by atoms with Gasteiger partial charge in [0.05, 0.1) is 13.1 Å². The fourth-order valence-corrected chi connectivity index (χ4v) is 1.77. The Hall–Kier alpha value is -1.85. The van der Waals surface area contributed by atoms with Crippen LogP contribution in [0.25, 0.3) is 0 Å². The van der Waals surface area contributed by atoms with E-state index in [2.05, 4.69) is 27.9 Å². The van der Waals surface area contributed by atoms with E-state index in [1.165, 1.54) is 5.56 Å². The third-order valence-corrected chi connectivity index (χ3v) is 2.75. The predicted octanol–water partition coefficient (Wildman–Crippen LogP) is 1.19. The van der Waals surface area contributed by atoms with Crippen LogP contribution in [0.2, 0.25) is 0 Å². The zero-order valence-corrected chi connectivity index (χ0v) is 12.2. The highest BCUT2D eigenvalue weighted by atomic mass is 35.5. The number of carbonyl (C=O) groups excluding carboxylic acids is 1. The summed E-state index contributed by atoms with van der Waals surface area (Å²) in [6.07, 6.45) is 3.71. The molecule has 5 nitrogen and oxygen atoms in total. The Labute approximate surface area is 124 Å². The minimum atomic E-state index is 0. The minimum Gasteiger partial charge on any atom is -0.351 e. The molecular weight excluding hydrogens is 276 g/mol. The lowest BCUT2D eigenvalue weighted by atomic mass is 10.1. The van der Waals surface area contributed by atoms with E-state index in [0.717, 1.165) is 12.1 Å². The standard InChI is InChI=1S/C14H18N4O.ClH/c1-15-10-14(19)16-9-12-3-5-13(6-4-12)11-18-8-2-7-17-18;/h2-8,15H,9-11H2,1H3,(H,16,19);1H. The van der Waals surface area contributed by atoms with Gasteiger partial charge in [-0.25, -0.2) is 0 Å². The topological polar surface area (TPSA) is 59.0 Å². The van der Waals surface area contributed by atoms with E-state index in [0.29, 0.717) is 13.1 Å². The number of likely N-dealkylation sites (N-methyl/N-ethyl adjacent to an activating group) is 1. The summed E-state index contributed by atoms with van der Waals surface area (Å²) in [6.45, 7) is 1.67. The minimum absolute atomic E-state index is 0. The summed E-state index contributed by atoms with van der Waals surface area (Å²) in [6, 6.07) is 10.1. The molecule has 0 saturated heterocycles. The van der Waals surface area contributed by atoms with Gasteiger partial charge in [-0.1, -0.05) is 24.3 Å². The van der Waals surface area contributed by atoms with Crippen LogP contribution in [0, 0.1) is 0 Å². The van der Waals surface area contributed by atoms with Crippen LogP contribution >= 0.6 is 12.4 Å². The third-order valence-electron chi connectivity index (χ3n) is 2.75. The molecule has 0 aliphatic carbocycles. The molecule has 2 rings (SSSR count). The Morgan fingerprint density at radius 3 is 2.55 bits per heavy atom. The van der Waals surface area contributed by atoms with Crippen molar-refractivity contribution in [1.29, 1.82) is 0 Å². The van der Waals surface area contributed by atoms with Gasteiger partial charge < -0.3 is 10.6 Å². The van der Waals surface area contributed by atoms with Crippen molar-refractivity contribution in [3.63, 3.8) is 0 Å². The smallest absolute Gasteiger partial charge is 0.234 e. The number of hydrogen-bond donors (Lipinski definition) is 2. The second-order valence-electron chi connectivity index (χ2n) is 4.33. The maximum absolute atomic E-state index is 11.3. The first kappa shape index (κ1) is 16.2. The first-order chi connectivity index (χ1) is 9.28. The molecule has 0 saturated carbocycles. The van der Waals surface area contributed by atoms with Crippen molar-refractivity contribution in [1.82, 2.24) is 20.4 Å². The van der Waals surface area contributed by atoms with Crippen molar-refractivity contribution in [2.24, 2.45) is 0 Å². The lowest BCUT2D eigenvalue weighted by molar-refractivity contribution is -0.120. The number of rotatable bonds is 6. The second-order valence-corrected chi connectivity index (χ2v) is 4.33. The number of hydrogen-bond acceptors (Lipinski definition) is 3. The molecule has 0 fully saturated rings. The van der Waals surface area contributed by atoms with Crippen LogP contribution in [0.4, 0.5) is 0 Å². The Bertz CT molecular complexity index is 510. The number of amides is 1. The molecule has 2 aromatic rings. The van der Waals surface area contributed by atoms with Crippen molar-refractivity contribution in [3.05, 3.63) is 53.9 Å². The highest BCUT2D eigenvalue weighted by Crippen LogP contribution is 2.05. The molecule has 0 atom stereocenters. The zero-order valence-electron chi connectivity index (χ0n) is 11.4. The van der Waals surface area contributed by atoms with E-state index in [9.17, 15) is 4.79 Å². The summed E-state index contributed by atoms with van der Waals surface area (Å²) in [5.74, 6) is 0.00289. The van der Waals surface area contributed by atoms with Gasteiger partial charge in [-0.2, -0.15) is 5.10 Å². The molecule has 0 unspecified atom stereocenters. The molecule has 108 valence electrons. The Balaban J connectivity index is 0.00000200. The average molecular weight is 295 g/mol. The van der Waals surface area contributed by atoms with Crippen molar-refractivity contribution >= 4 is 18.3 Å². The second kappa shape index (κ2) is 8.35. The highest BCUT2D eigenvalue weighted by molar-refractivity contribution is 5.85. The summed E-state index contributed by atoms with van der Waals surface area (Å²) in [5.41, 5.74) is 2.28. The van der Waals surface area contributed by atoms with Crippen LogP contribution in [0.15, 0.2) is 42.7 Å².